The van der Waals surface area contributed by atoms with Crippen molar-refractivity contribution in [2.45, 2.75) is 31.2 Å². The summed E-state index contributed by atoms with van der Waals surface area (Å²) < 4.78 is 0. The molecule has 0 aliphatic carbocycles. The van der Waals surface area contributed by atoms with Gasteiger partial charge in [-0.2, -0.15) is 0 Å². The second kappa shape index (κ2) is 6.17. The Hall–Kier alpha value is -1.39. The Morgan fingerprint density at radius 1 is 1.37 bits per heavy atom. The van der Waals surface area contributed by atoms with Crippen molar-refractivity contribution in [1.82, 2.24) is 4.90 Å². The maximum Gasteiger partial charge on any atom is 0.320 e. The molecule has 0 aromatic heterocycles. The normalized spacial score (nSPS) is 19.3. The van der Waals surface area contributed by atoms with Crippen molar-refractivity contribution in [3.8, 4) is 0 Å². The third-order valence-corrected chi connectivity index (χ3v) is 3.94. The minimum atomic E-state index is -0.945. The molecule has 3 N–H and O–H groups in total. The number of piperidine rings is 1. The Morgan fingerprint density at radius 3 is 2.47 bits per heavy atom. The fraction of sp³-hybridized carbons (Fsp3) is 0.533. The number of aliphatic carboxylic acids is 1. The second-order valence-electron chi connectivity index (χ2n) is 5.47. The molecule has 0 amide bonds. The van der Waals surface area contributed by atoms with Crippen molar-refractivity contribution in [3.63, 3.8) is 0 Å². The highest BCUT2D eigenvalue weighted by molar-refractivity contribution is 5.73. The smallest absolute Gasteiger partial charge is 0.320 e. The fourth-order valence-electron chi connectivity index (χ4n) is 2.61. The maximum atomic E-state index is 10.7. The average molecular weight is 262 g/mol. The Balaban J connectivity index is 1.96. The van der Waals surface area contributed by atoms with Crippen molar-refractivity contribution < 1.29 is 9.90 Å². The monoisotopic (exact) mass is 262 g/mol. The maximum absolute atomic E-state index is 10.7. The molecule has 1 saturated heterocycles. The second-order valence-corrected chi connectivity index (χ2v) is 5.47. The molecule has 19 heavy (non-hydrogen) atoms. The van der Waals surface area contributed by atoms with Crippen LogP contribution in [0.25, 0.3) is 0 Å². The number of hydrogen-bond donors (Lipinski definition) is 2. The molecule has 4 heteroatoms. The summed E-state index contributed by atoms with van der Waals surface area (Å²) in [5.41, 5.74) is 7.89. The van der Waals surface area contributed by atoms with E-state index in [-0.39, 0.29) is 0 Å². The van der Waals surface area contributed by atoms with Gasteiger partial charge in [-0.1, -0.05) is 24.3 Å². The van der Waals surface area contributed by atoms with Crippen molar-refractivity contribution in [2.24, 2.45) is 5.73 Å². The first-order valence-electron chi connectivity index (χ1n) is 6.82. The van der Waals surface area contributed by atoms with Crippen LogP contribution in [-0.2, 0) is 11.2 Å². The summed E-state index contributed by atoms with van der Waals surface area (Å²) in [5.74, 6) is -0.308. The largest absolute Gasteiger partial charge is 0.480 e. The number of carboxylic acids is 1. The van der Waals surface area contributed by atoms with E-state index < -0.39 is 12.0 Å². The van der Waals surface area contributed by atoms with Crippen molar-refractivity contribution in [3.05, 3.63) is 35.4 Å². The van der Waals surface area contributed by atoms with Crippen LogP contribution >= 0.6 is 0 Å². The zero-order valence-electron chi connectivity index (χ0n) is 11.4. The topological polar surface area (TPSA) is 66.6 Å². The van der Waals surface area contributed by atoms with Gasteiger partial charge in [-0.15, -0.1) is 0 Å². The first-order chi connectivity index (χ1) is 9.06. The molecule has 1 atom stereocenters. The summed E-state index contributed by atoms with van der Waals surface area (Å²) in [6.45, 7) is 2.30. The predicted molar refractivity (Wildman–Crippen MR) is 75.2 cm³/mol. The van der Waals surface area contributed by atoms with E-state index in [0.29, 0.717) is 12.3 Å². The quantitative estimate of drug-likeness (QED) is 0.862. The Bertz CT molecular complexity index is 422. The lowest BCUT2D eigenvalue weighted by molar-refractivity contribution is -0.138. The van der Waals surface area contributed by atoms with Gasteiger partial charge in [-0.25, -0.2) is 0 Å². The zero-order valence-corrected chi connectivity index (χ0v) is 11.4. The number of nitrogens with zero attached hydrogens (tertiary/aromatic N) is 1. The fourth-order valence-corrected chi connectivity index (χ4v) is 2.61. The first-order valence-corrected chi connectivity index (χ1v) is 6.82. The number of hydrogen-bond acceptors (Lipinski definition) is 3. The molecule has 0 bridgehead atoms. The van der Waals surface area contributed by atoms with Gasteiger partial charge in [0.25, 0.3) is 0 Å². The number of rotatable bonds is 4. The Labute approximate surface area is 114 Å². The summed E-state index contributed by atoms with van der Waals surface area (Å²) >= 11 is 0. The van der Waals surface area contributed by atoms with Crippen LogP contribution in [0.1, 0.15) is 29.9 Å². The van der Waals surface area contributed by atoms with Crippen molar-refractivity contribution in [2.75, 3.05) is 20.1 Å². The molecule has 4 nitrogen and oxygen atoms in total. The average Bonchev–Trinajstić information content (AvgIpc) is 2.40. The van der Waals surface area contributed by atoms with Crippen LogP contribution < -0.4 is 5.73 Å². The van der Waals surface area contributed by atoms with E-state index >= 15 is 0 Å². The predicted octanol–water partition coefficient (Wildman–Crippen LogP) is 1.45. The molecule has 104 valence electrons. The van der Waals surface area contributed by atoms with Gasteiger partial charge in [0.2, 0.25) is 0 Å². The van der Waals surface area contributed by atoms with Crippen molar-refractivity contribution >= 4 is 5.97 Å². The van der Waals surface area contributed by atoms with Gasteiger partial charge in [0.15, 0.2) is 0 Å². The number of benzene rings is 1. The SMILES string of the molecule is CN1CCC(c2ccc(CC(N)C(=O)O)cc2)CC1. The summed E-state index contributed by atoms with van der Waals surface area (Å²) in [6, 6.07) is 7.46. The lowest BCUT2D eigenvalue weighted by Crippen LogP contribution is -2.32. The minimum absolute atomic E-state index is 0.392. The van der Waals surface area contributed by atoms with E-state index in [1.165, 1.54) is 18.4 Å². The summed E-state index contributed by atoms with van der Waals surface area (Å²) in [7, 11) is 2.16. The highest BCUT2D eigenvalue weighted by Gasteiger charge is 2.18. The third-order valence-electron chi connectivity index (χ3n) is 3.94. The molecule has 1 fully saturated rings. The van der Waals surface area contributed by atoms with Crippen LogP contribution in [0.4, 0.5) is 0 Å². The van der Waals surface area contributed by atoms with E-state index in [1.54, 1.807) is 0 Å². The number of nitrogens with two attached hydrogens (primary N) is 1. The summed E-state index contributed by atoms with van der Waals surface area (Å²) in [5, 5.41) is 8.80. The van der Waals surface area contributed by atoms with Crippen LogP contribution in [-0.4, -0.2) is 42.2 Å². The number of likely N-dealkylation sites (tertiary alicyclic amines) is 1. The molecule has 1 aliphatic heterocycles. The molecular weight excluding hydrogens is 240 g/mol. The molecule has 0 spiro atoms. The molecule has 1 heterocycles. The van der Waals surface area contributed by atoms with Crippen LogP contribution in [0.3, 0.4) is 0 Å². The van der Waals surface area contributed by atoms with Crippen LogP contribution in [0.5, 0.6) is 0 Å². The standard InChI is InChI=1S/C15H22N2O2/c1-17-8-6-13(7-9-17)12-4-2-11(3-5-12)10-14(16)15(18)19/h2-5,13-14H,6-10,16H2,1H3,(H,18,19). The van der Waals surface area contributed by atoms with Crippen LogP contribution in [0.2, 0.25) is 0 Å². The summed E-state index contributed by atoms with van der Waals surface area (Å²) in [4.78, 5) is 13.1. The lowest BCUT2D eigenvalue weighted by Gasteiger charge is -2.29. The van der Waals surface area contributed by atoms with Gasteiger partial charge in [0.05, 0.1) is 0 Å². The minimum Gasteiger partial charge on any atom is -0.480 e. The lowest BCUT2D eigenvalue weighted by atomic mass is 9.89. The molecule has 1 aromatic carbocycles. The van der Waals surface area contributed by atoms with Gasteiger partial charge in [0.1, 0.15) is 6.04 Å². The molecule has 0 saturated carbocycles. The van der Waals surface area contributed by atoms with Gasteiger partial charge < -0.3 is 15.7 Å². The molecule has 1 aromatic rings. The van der Waals surface area contributed by atoms with Gasteiger partial charge in [0, 0.05) is 0 Å². The van der Waals surface area contributed by atoms with Crippen LogP contribution in [0, 0.1) is 0 Å². The number of carbonyl (C=O) groups is 1. The van der Waals surface area contributed by atoms with E-state index in [9.17, 15) is 4.79 Å². The number of carboxylic acid groups (broad SMARTS) is 1. The van der Waals surface area contributed by atoms with Gasteiger partial charge in [-0.05, 0) is 56.4 Å². The highest BCUT2D eigenvalue weighted by Crippen LogP contribution is 2.27. The molecule has 1 aliphatic rings. The van der Waals surface area contributed by atoms with E-state index in [4.69, 9.17) is 10.8 Å². The van der Waals surface area contributed by atoms with Crippen molar-refractivity contribution in [1.29, 1.82) is 0 Å². The molecule has 2 rings (SSSR count). The Kier molecular flexibility index (Phi) is 4.56. The Morgan fingerprint density at radius 2 is 1.95 bits per heavy atom. The van der Waals surface area contributed by atoms with E-state index in [0.717, 1.165) is 18.7 Å². The third kappa shape index (κ3) is 3.78. The molecular formula is C15H22N2O2. The highest BCUT2D eigenvalue weighted by atomic mass is 16.4. The summed E-state index contributed by atoms with van der Waals surface area (Å²) in [6.07, 6.45) is 2.79. The van der Waals surface area contributed by atoms with E-state index in [2.05, 4.69) is 24.1 Å². The molecule has 1 unspecified atom stereocenters. The van der Waals surface area contributed by atoms with Gasteiger partial charge >= 0.3 is 5.97 Å². The van der Waals surface area contributed by atoms with E-state index in [1.807, 2.05) is 12.1 Å². The zero-order chi connectivity index (χ0) is 13.8. The molecule has 0 radical (unpaired) electrons. The first kappa shape index (κ1) is 14.0. The van der Waals surface area contributed by atoms with Gasteiger partial charge in [-0.3, -0.25) is 4.79 Å². The van der Waals surface area contributed by atoms with Crippen LogP contribution in [0.15, 0.2) is 24.3 Å².